The van der Waals surface area contributed by atoms with Gasteiger partial charge >= 0.3 is 0 Å². The summed E-state index contributed by atoms with van der Waals surface area (Å²) in [4.78, 5) is 0. The normalized spacial score (nSPS) is 10.8. The van der Waals surface area contributed by atoms with Crippen LogP contribution in [0.15, 0.2) is 12.7 Å². The Kier molecular flexibility index (Phi) is 10.4. The molecule has 0 aliphatic heterocycles. The van der Waals surface area contributed by atoms with Gasteiger partial charge in [-0.3, -0.25) is 0 Å². The lowest BCUT2D eigenvalue weighted by molar-refractivity contribution is -0.138. The first-order valence-corrected chi connectivity index (χ1v) is 5.39. The van der Waals surface area contributed by atoms with Gasteiger partial charge in [-0.1, -0.05) is 6.08 Å². The van der Waals surface area contributed by atoms with Crippen LogP contribution in [0.2, 0.25) is 0 Å². The summed E-state index contributed by atoms with van der Waals surface area (Å²) in [7, 11) is 0. The molecule has 0 atom stereocenters. The maximum Gasteiger partial charge on any atom is 0.158 e. The molecule has 0 amide bonds. The van der Waals surface area contributed by atoms with Gasteiger partial charge in [-0.15, -0.1) is 6.58 Å². The summed E-state index contributed by atoms with van der Waals surface area (Å²) in [5.74, 6) is 0. The number of ether oxygens (including phenoxy) is 2. The Morgan fingerprint density at radius 1 is 1.21 bits per heavy atom. The maximum atomic E-state index is 5.41. The zero-order valence-electron chi connectivity index (χ0n) is 9.42. The molecule has 0 unspecified atom stereocenters. The number of hydrogen-bond acceptors (Lipinski definition) is 3. The molecule has 0 aromatic carbocycles. The molecule has 0 saturated heterocycles. The van der Waals surface area contributed by atoms with Crippen LogP contribution in [0.4, 0.5) is 0 Å². The van der Waals surface area contributed by atoms with Crippen molar-refractivity contribution in [2.75, 3.05) is 26.3 Å². The predicted molar refractivity (Wildman–Crippen MR) is 59.3 cm³/mol. The first-order valence-electron chi connectivity index (χ1n) is 5.39. The molecule has 14 heavy (non-hydrogen) atoms. The average Bonchev–Trinajstić information content (AvgIpc) is 2.18. The number of rotatable bonds is 10. The highest BCUT2D eigenvalue weighted by molar-refractivity contribution is 4.67. The van der Waals surface area contributed by atoms with Crippen LogP contribution < -0.4 is 5.32 Å². The Labute approximate surface area is 87.5 Å². The van der Waals surface area contributed by atoms with Crippen LogP contribution in [0.3, 0.4) is 0 Å². The smallest absolute Gasteiger partial charge is 0.158 e. The molecule has 1 N–H and O–H groups in total. The molecule has 3 nitrogen and oxygen atoms in total. The van der Waals surface area contributed by atoms with Gasteiger partial charge in [0.25, 0.3) is 0 Å². The van der Waals surface area contributed by atoms with E-state index in [2.05, 4.69) is 11.9 Å². The van der Waals surface area contributed by atoms with E-state index in [0.717, 1.165) is 25.9 Å². The van der Waals surface area contributed by atoms with Crippen LogP contribution in [-0.4, -0.2) is 32.6 Å². The summed E-state index contributed by atoms with van der Waals surface area (Å²) < 4.78 is 10.8. The Balaban J connectivity index is 3.34. The zero-order valence-corrected chi connectivity index (χ0v) is 9.42. The highest BCUT2D eigenvalue weighted by atomic mass is 16.7. The molecule has 0 aromatic rings. The molecule has 0 aliphatic carbocycles. The molecule has 0 radical (unpaired) electrons. The second-order valence-corrected chi connectivity index (χ2v) is 2.96. The van der Waals surface area contributed by atoms with E-state index < -0.39 is 0 Å². The first-order chi connectivity index (χ1) is 6.85. The van der Waals surface area contributed by atoms with Crippen molar-refractivity contribution in [3.8, 4) is 0 Å². The van der Waals surface area contributed by atoms with Gasteiger partial charge < -0.3 is 14.8 Å². The fourth-order valence-corrected chi connectivity index (χ4v) is 1.14. The van der Waals surface area contributed by atoms with E-state index in [1.54, 1.807) is 0 Å². The molecule has 3 heteroatoms. The molecule has 0 aliphatic rings. The molecule has 0 bridgehead atoms. The average molecular weight is 201 g/mol. The van der Waals surface area contributed by atoms with Gasteiger partial charge in [0.05, 0.1) is 0 Å². The second kappa shape index (κ2) is 10.7. The van der Waals surface area contributed by atoms with E-state index in [1.165, 1.54) is 0 Å². The van der Waals surface area contributed by atoms with Crippen molar-refractivity contribution in [3.05, 3.63) is 12.7 Å². The van der Waals surface area contributed by atoms with Crippen LogP contribution in [-0.2, 0) is 9.47 Å². The monoisotopic (exact) mass is 201 g/mol. The lowest BCUT2D eigenvalue weighted by atomic mass is 10.3. The summed E-state index contributed by atoms with van der Waals surface area (Å²) in [5, 5.41) is 3.30. The quantitative estimate of drug-likeness (QED) is 0.333. The van der Waals surface area contributed by atoms with Crippen molar-refractivity contribution in [1.29, 1.82) is 0 Å². The van der Waals surface area contributed by atoms with Gasteiger partial charge in [0.15, 0.2) is 6.29 Å². The van der Waals surface area contributed by atoms with E-state index in [1.807, 2.05) is 19.9 Å². The summed E-state index contributed by atoms with van der Waals surface area (Å²) in [6.45, 7) is 11.0. The van der Waals surface area contributed by atoms with Crippen LogP contribution in [0, 0.1) is 0 Å². The van der Waals surface area contributed by atoms with Gasteiger partial charge in [-0.05, 0) is 33.4 Å². The topological polar surface area (TPSA) is 30.5 Å². The molecular weight excluding hydrogens is 178 g/mol. The summed E-state index contributed by atoms with van der Waals surface area (Å²) >= 11 is 0. The minimum Gasteiger partial charge on any atom is -0.353 e. The van der Waals surface area contributed by atoms with E-state index in [9.17, 15) is 0 Å². The third-order valence-electron chi connectivity index (χ3n) is 1.79. The van der Waals surface area contributed by atoms with Crippen molar-refractivity contribution < 1.29 is 9.47 Å². The Morgan fingerprint density at radius 2 is 1.86 bits per heavy atom. The Morgan fingerprint density at radius 3 is 2.36 bits per heavy atom. The van der Waals surface area contributed by atoms with Gasteiger partial charge in [-0.2, -0.15) is 0 Å². The van der Waals surface area contributed by atoms with Crippen molar-refractivity contribution in [1.82, 2.24) is 5.32 Å². The lowest BCUT2D eigenvalue weighted by Crippen LogP contribution is -2.25. The third kappa shape index (κ3) is 8.23. The van der Waals surface area contributed by atoms with E-state index in [0.29, 0.717) is 13.2 Å². The minimum absolute atomic E-state index is 0.0544. The summed E-state index contributed by atoms with van der Waals surface area (Å²) in [6.07, 6.45) is 3.77. The third-order valence-corrected chi connectivity index (χ3v) is 1.79. The minimum atomic E-state index is -0.0544. The van der Waals surface area contributed by atoms with Gasteiger partial charge in [0.2, 0.25) is 0 Å². The van der Waals surface area contributed by atoms with Gasteiger partial charge in [0.1, 0.15) is 0 Å². The molecule has 0 spiro atoms. The van der Waals surface area contributed by atoms with Crippen LogP contribution in [0.5, 0.6) is 0 Å². The van der Waals surface area contributed by atoms with E-state index in [4.69, 9.17) is 9.47 Å². The Bertz CT molecular complexity index is 122. The fourth-order valence-electron chi connectivity index (χ4n) is 1.14. The zero-order chi connectivity index (χ0) is 10.6. The van der Waals surface area contributed by atoms with Crippen molar-refractivity contribution >= 4 is 0 Å². The maximum absolute atomic E-state index is 5.41. The summed E-state index contributed by atoms with van der Waals surface area (Å²) in [5.41, 5.74) is 0. The molecule has 0 aromatic heterocycles. The number of hydrogen-bond donors (Lipinski definition) is 1. The van der Waals surface area contributed by atoms with Crippen LogP contribution in [0.1, 0.15) is 26.7 Å². The van der Waals surface area contributed by atoms with Gasteiger partial charge in [-0.25, -0.2) is 0 Å². The molecule has 84 valence electrons. The highest BCUT2D eigenvalue weighted by Gasteiger charge is 2.05. The lowest BCUT2D eigenvalue weighted by Gasteiger charge is -2.16. The van der Waals surface area contributed by atoms with Crippen molar-refractivity contribution in [2.45, 2.75) is 33.0 Å². The largest absolute Gasteiger partial charge is 0.353 e. The van der Waals surface area contributed by atoms with Gasteiger partial charge in [0, 0.05) is 19.6 Å². The molecule has 0 saturated carbocycles. The van der Waals surface area contributed by atoms with Crippen molar-refractivity contribution in [3.63, 3.8) is 0 Å². The molecule has 0 rings (SSSR count). The van der Waals surface area contributed by atoms with Crippen LogP contribution in [0.25, 0.3) is 0 Å². The standard InChI is InChI=1S/C11H23NO2/c1-4-7-9-12-10-8-11(13-5-2)14-6-3/h4,11-12H,1,5-10H2,2-3H3. The van der Waals surface area contributed by atoms with E-state index in [-0.39, 0.29) is 6.29 Å². The predicted octanol–water partition coefficient (Wildman–Crippen LogP) is 1.94. The van der Waals surface area contributed by atoms with Crippen molar-refractivity contribution in [2.24, 2.45) is 0 Å². The molecular formula is C11H23NO2. The number of nitrogens with one attached hydrogen (secondary N) is 1. The van der Waals surface area contributed by atoms with E-state index >= 15 is 0 Å². The highest BCUT2D eigenvalue weighted by Crippen LogP contribution is 1.99. The first kappa shape index (κ1) is 13.6. The Hall–Kier alpha value is -0.380. The van der Waals surface area contributed by atoms with Crippen LogP contribution >= 0.6 is 0 Å². The summed E-state index contributed by atoms with van der Waals surface area (Å²) in [6, 6.07) is 0. The SMILES string of the molecule is C=CCCNCCC(OCC)OCC. The fraction of sp³-hybridized carbons (Fsp3) is 0.818. The second-order valence-electron chi connectivity index (χ2n) is 2.96. The molecule has 0 heterocycles. The molecule has 0 fully saturated rings.